The normalized spacial score (nSPS) is 12.3. The average Bonchev–Trinajstić information content (AvgIpc) is 3.08. The molecule has 0 spiro atoms. The van der Waals surface area contributed by atoms with Crippen molar-refractivity contribution in [3.63, 3.8) is 0 Å². The molecule has 0 aliphatic rings. The lowest BCUT2D eigenvalue weighted by atomic mass is 10.0. The van der Waals surface area contributed by atoms with E-state index in [2.05, 4.69) is 25.0 Å². The van der Waals surface area contributed by atoms with Gasteiger partial charge in [-0.3, -0.25) is 9.67 Å². The van der Waals surface area contributed by atoms with Crippen molar-refractivity contribution in [1.29, 1.82) is 0 Å². The highest BCUT2D eigenvalue weighted by molar-refractivity contribution is 6.30. The number of anilines is 1. The van der Waals surface area contributed by atoms with Crippen LogP contribution in [0.1, 0.15) is 18.9 Å². The standard InChI is InChI=1S/C18H15ClFN7O/c1-9(18-25-8-27(2)26-18)28-13-4-12(20)14(10-3-11(19)6-22-5-10)16-15(13)17(21)24-7-23-16/h3-9H,1-2H3,(H2,21,23,24)/t9-/m1/s1. The van der Waals surface area contributed by atoms with Crippen LogP contribution in [0.3, 0.4) is 0 Å². The Hall–Kier alpha value is -3.33. The maximum Gasteiger partial charge on any atom is 0.191 e. The van der Waals surface area contributed by atoms with E-state index in [-0.39, 0.29) is 17.1 Å². The fourth-order valence-corrected chi connectivity index (χ4v) is 3.08. The predicted octanol–water partition coefficient (Wildman–Crippen LogP) is 3.34. The maximum absolute atomic E-state index is 15.1. The predicted molar refractivity (Wildman–Crippen MR) is 102 cm³/mol. The van der Waals surface area contributed by atoms with Gasteiger partial charge in [0.15, 0.2) is 11.9 Å². The second-order valence-electron chi connectivity index (χ2n) is 6.14. The number of nitrogens with zero attached hydrogens (tertiary/aromatic N) is 6. The summed E-state index contributed by atoms with van der Waals surface area (Å²) in [4.78, 5) is 16.4. The van der Waals surface area contributed by atoms with Gasteiger partial charge in [-0.15, -0.1) is 0 Å². The van der Waals surface area contributed by atoms with Gasteiger partial charge in [0.05, 0.1) is 15.9 Å². The Morgan fingerprint density at radius 2 is 2.04 bits per heavy atom. The van der Waals surface area contributed by atoms with Gasteiger partial charge in [-0.05, 0) is 13.0 Å². The number of rotatable bonds is 4. The SMILES string of the molecule is C[C@@H](Oc1cc(F)c(-c2cncc(Cl)c2)c2ncnc(N)c12)c1ncn(C)n1. The summed E-state index contributed by atoms with van der Waals surface area (Å²) in [6, 6.07) is 2.85. The summed E-state index contributed by atoms with van der Waals surface area (Å²) in [6.07, 6.45) is 5.26. The van der Waals surface area contributed by atoms with Crippen molar-refractivity contribution in [2.75, 3.05) is 5.73 Å². The number of halogens is 2. The Kier molecular flexibility index (Phi) is 4.52. The van der Waals surface area contributed by atoms with E-state index in [1.54, 1.807) is 31.0 Å². The summed E-state index contributed by atoms with van der Waals surface area (Å²) in [6.45, 7) is 1.76. The number of aryl methyl sites for hydroxylation is 1. The van der Waals surface area contributed by atoms with Gasteiger partial charge in [0.1, 0.15) is 30.0 Å². The summed E-state index contributed by atoms with van der Waals surface area (Å²) in [7, 11) is 1.75. The number of nitrogen functional groups attached to an aromatic ring is 1. The Morgan fingerprint density at radius 1 is 1.21 bits per heavy atom. The minimum Gasteiger partial charge on any atom is -0.482 e. The van der Waals surface area contributed by atoms with E-state index in [0.717, 1.165) is 0 Å². The average molecular weight is 400 g/mol. The zero-order chi connectivity index (χ0) is 19.8. The second-order valence-corrected chi connectivity index (χ2v) is 6.58. The van der Waals surface area contributed by atoms with E-state index in [1.165, 1.54) is 24.8 Å². The molecule has 4 aromatic rings. The molecule has 1 atom stereocenters. The van der Waals surface area contributed by atoms with Crippen molar-refractivity contribution >= 4 is 28.3 Å². The molecule has 0 radical (unpaired) electrons. The minimum atomic E-state index is -0.550. The molecular formula is C18H15ClFN7O. The highest BCUT2D eigenvalue weighted by Gasteiger charge is 2.21. The highest BCUT2D eigenvalue weighted by Crippen LogP contribution is 2.39. The first kappa shape index (κ1) is 18.1. The molecule has 2 N–H and O–H groups in total. The van der Waals surface area contributed by atoms with Crippen molar-refractivity contribution in [1.82, 2.24) is 29.7 Å². The fourth-order valence-electron chi connectivity index (χ4n) is 2.91. The summed E-state index contributed by atoms with van der Waals surface area (Å²) in [5.41, 5.74) is 7.06. The molecule has 4 rings (SSSR count). The lowest BCUT2D eigenvalue weighted by molar-refractivity contribution is 0.218. The van der Waals surface area contributed by atoms with Crippen LogP contribution >= 0.6 is 11.6 Å². The molecule has 0 amide bonds. The van der Waals surface area contributed by atoms with Crippen LogP contribution in [0.2, 0.25) is 5.02 Å². The van der Waals surface area contributed by atoms with E-state index in [4.69, 9.17) is 22.1 Å². The van der Waals surface area contributed by atoms with E-state index < -0.39 is 11.9 Å². The Morgan fingerprint density at radius 3 is 2.75 bits per heavy atom. The van der Waals surface area contributed by atoms with Crippen LogP contribution < -0.4 is 10.5 Å². The lowest BCUT2D eigenvalue weighted by Gasteiger charge is -2.17. The molecule has 0 aliphatic heterocycles. The number of hydrogen-bond acceptors (Lipinski definition) is 7. The topological polar surface area (TPSA) is 105 Å². The molecule has 3 heterocycles. The van der Waals surface area contributed by atoms with Crippen LogP contribution in [0, 0.1) is 5.82 Å². The molecule has 28 heavy (non-hydrogen) atoms. The van der Waals surface area contributed by atoms with Gasteiger partial charge in [-0.2, -0.15) is 5.10 Å². The number of hydrogen-bond donors (Lipinski definition) is 1. The summed E-state index contributed by atoms with van der Waals surface area (Å²) >= 11 is 6.02. The molecule has 0 saturated heterocycles. The number of nitrogens with two attached hydrogens (primary N) is 1. The van der Waals surface area contributed by atoms with Crippen molar-refractivity contribution in [3.05, 3.63) is 53.8 Å². The van der Waals surface area contributed by atoms with Crippen LogP contribution in [0.5, 0.6) is 5.75 Å². The van der Waals surface area contributed by atoms with Crippen molar-refractivity contribution < 1.29 is 9.13 Å². The van der Waals surface area contributed by atoms with E-state index >= 15 is 4.39 Å². The summed E-state index contributed by atoms with van der Waals surface area (Å²) in [5, 5.41) is 4.98. The van der Waals surface area contributed by atoms with Gasteiger partial charge in [0.25, 0.3) is 0 Å². The van der Waals surface area contributed by atoms with Crippen LogP contribution in [-0.2, 0) is 7.05 Å². The van der Waals surface area contributed by atoms with E-state index in [0.29, 0.717) is 27.3 Å². The minimum absolute atomic E-state index is 0.164. The quantitative estimate of drug-likeness (QED) is 0.561. The molecule has 8 nitrogen and oxygen atoms in total. The van der Waals surface area contributed by atoms with Gasteiger partial charge >= 0.3 is 0 Å². The number of pyridine rings is 1. The summed E-state index contributed by atoms with van der Waals surface area (Å²) in [5.74, 6) is 0.266. The molecule has 0 bridgehead atoms. The fraction of sp³-hybridized carbons (Fsp3) is 0.167. The van der Waals surface area contributed by atoms with Crippen LogP contribution in [0.15, 0.2) is 37.2 Å². The van der Waals surface area contributed by atoms with Gasteiger partial charge in [-0.1, -0.05) is 11.6 Å². The lowest BCUT2D eigenvalue weighted by Crippen LogP contribution is -2.08. The molecule has 10 heteroatoms. The van der Waals surface area contributed by atoms with Gasteiger partial charge in [-0.25, -0.2) is 19.3 Å². The molecule has 0 saturated carbocycles. The smallest absolute Gasteiger partial charge is 0.191 e. The van der Waals surface area contributed by atoms with Crippen LogP contribution in [-0.4, -0.2) is 29.7 Å². The van der Waals surface area contributed by atoms with E-state index in [9.17, 15) is 0 Å². The largest absolute Gasteiger partial charge is 0.482 e. The first-order valence-electron chi connectivity index (χ1n) is 8.30. The Bertz CT molecular complexity index is 1180. The molecule has 1 aromatic carbocycles. The number of ether oxygens (including phenoxy) is 1. The molecule has 0 fully saturated rings. The molecule has 0 unspecified atom stereocenters. The number of benzene rings is 1. The number of fused-ring (bicyclic) bond motifs is 1. The second kappa shape index (κ2) is 7.01. The van der Waals surface area contributed by atoms with Crippen molar-refractivity contribution in [3.8, 4) is 16.9 Å². The maximum atomic E-state index is 15.1. The molecule has 0 aliphatic carbocycles. The van der Waals surface area contributed by atoms with E-state index in [1.807, 2.05) is 0 Å². The van der Waals surface area contributed by atoms with Gasteiger partial charge < -0.3 is 10.5 Å². The van der Waals surface area contributed by atoms with Gasteiger partial charge in [0, 0.05) is 36.6 Å². The molecular weight excluding hydrogens is 385 g/mol. The zero-order valence-electron chi connectivity index (χ0n) is 15.0. The molecule has 3 aromatic heterocycles. The Balaban J connectivity index is 1.88. The third-order valence-corrected chi connectivity index (χ3v) is 4.34. The molecule has 142 valence electrons. The van der Waals surface area contributed by atoms with Gasteiger partial charge in [0.2, 0.25) is 0 Å². The zero-order valence-corrected chi connectivity index (χ0v) is 15.7. The third-order valence-electron chi connectivity index (χ3n) is 4.13. The van der Waals surface area contributed by atoms with Crippen LogP contribution in [0.25, 0.3) is 22.0 Å². The third kappa shape index (κ3) is 3.20. The van der Waals surface area contributed by atoms with Crippen LogP contribution in [0.4, 0.5) is 10.2 Å². The first-order valence-corrected chi connectivity index (χ1v) is 8.67. The first-order chi connectivity index (χ1) is 13.4. The Labute approximate surface area is 164 Å². The monoisotopic (exact) mass is 399 g/mol. The van der Waals surface area contributed by atoms with Crippen molar-refractivity contribution in [2.45, 2.75) is 13.0 Å². The number of aromatic nitrogens is 6. The summed E-state index contributed by atoms with van der Waals surface area (Å²) < 4.78 is 22.6. The highest BCUT2D eigenvalue weighted by atomic mass is 35.5. The van der Waals surface area contributed by atoms with Crippen molar-refractivity contribution in [2.24, 2.45) is 7.05 Å².